The molecule has 0 amide bonds. The Hall–Kier alpha value is -1.32. The normalized spacial score (nSPS) is 26.9. The minimum absolute atomic E-state index is 0.131. The number of aryl methyl sites for hydroxylation is 1. The molecule has 1 unspecified atom stereocenters. The van der Waals surface area contributed by atoms with Crippen LogP contribution in [-0.4, -0.2) is 61.5 Å². The van der Waals surface area contributed by atoms with Crippen molar-refractivity contribution in [3.63, 3.8) is 0 Å². The van der Waals surface area contributed by atoms with Crippen LogP contribution in [0.3, 0.4) is 0 Å². The number of rotatable bonds is 7. The molecule has 6 N–H and O–H groups in total. The molecule has 0 aromatic carbocycles. The number of nitrogens with zero attached hydrogens (tertiary/aromatic N) is 3. The molecule has 1 aliphatic rings. The number of hydrogen-bond acceptors (Lipinski definition) is 11. The van der Waals surface area contributed by atoms with E-state index >= 15 is 0 Å². The Labute approximate surface area is 172 Å². The van der Waals surface area contributed by atoms with Crippen LogP contribution >= 0.6 is 24.6 Å². The number of fused-ring (bicyclic) bond motifs is 1. The second-order valence-electron chi connectivity index (χ2n) is 6.33. The molecule has 1 saturated heterocycles. The molecule has 3 heterocycles. The predicted octanol–water partition coefficient (Wildman–Crippen LogP) is -2.28. The first kappa shape index (κ1) is 23.3. The zero-order valence-corrected chi connectivity index (χ0v) is 18.1. The summed E-state index contributed by atoms with van der Waals surface area (Å²) in [5, 5.41) is 10.5. The van der Waals surface area contributed by atoms with E-state index < -0.39 is 61.3 Å². The summed E-state index contributed by atoms with van der Waals surface area (Å²) >= 11 is -0.639. The van der Waals surface area contributed by atoms with Crippen LogP contribution in [0.15, 0.2) is 11.1 Å². The molecule has 18 heteroatoms. The summed E-state index contributed by atoms with van der Waals surface area (Å²) in [5.74, 6) is -0.151. The lowest BCUT2D eigenvalue weighted by Gasteiger charge is -2.24. The average Bonchev–Trinajstić information content (AvgIpc) is 3.07. The summed E-state index contributed by atoms with van der Waals surface area (Å²) in [6, 6.07) is 0. The van der Waals surface area contributed by atoms with E-state index in [4.69, 9.17) is 25.0 Å². The number of nitrogens with one attached hydrogen (secondary N) is 1. The van der Waals surface area contributed by atoms with Crippen molar-refractivity contribution >= 4 is 41.7 Å². The number of aromatic nitrogens is 4. The fourth-order valence-electron chi connectivity index (χ4n) is 3.11. The van der Waals surface area contributed by atoms with Crippen LogP contribution in [0, 0.1) is 0 Å². The second kappa shape index (κ2) is 8.31. The molecule has 5 atom stereocenters. The molecule has 1 aliphatic heterocycles. The van der Waals surface area contributed by atoms with Crippen LogP contribution in [0.1, 0.15) is 6.23 Å². The van der Waals surface area contributed by atoms with E-state index in [1.54, 1.807) is 7.05 Å². The van der Waals surface area contributed by atoms with Gasteiger partial charge in [-0.05, 0) is 0 Å². The summed E-state index contributed by atoms with van der Waals surface area (Å²) in [5.41, 5.74) is 5.40. The third kappa shape index (κ3) is 4.78. The van der Waals surface area contributed by atoms with Gasteiger partial charge in [-0.25, -0.2) is 9.13 Å². The summed E-state index contributed by atoms with van der Waals surface area (Å²) in [7, 11) is 2.86. The first-order valence-corrected chi connectivity index (χ1v) is 13.4. The minimum atomic E-state index is -4.97. The van der Waals surface area contributed by atoms with Crippen molar-refractivity contribution in [2.45, 2.75) is 24.5 Å². The Bertz CT molecular complexity index is 1100. The van der Waals surface area contributed by atoms with Crippen molar-refractivity contribution in [3.05, 3.63) is 16.7 Å². The van der Waals surface area contributed by atoms with Gasteiger partial charge in [0.2, 0.25) is 18.5 Å². The fourth-order valence-corrected chi connectivity index (χ4v) is 7.62. The van der Waals surface area contributed by atoms with Gasteiger partial charge in [-0.3, -0.25) is 18.9 Å². The summed E-state index contributed by atoms with van der Waals surface area (Å²) < 4.78 is 41.0. The lowest BCUT2D eigenvalue weighted by Crippen LogP contribution is -2.47. The van der Waals surface area contributed by atoms with Crippen LogP contribution in [-0.2, 0) is 30.2 Å². The average molecular weight is 487 g/mol. The number of aliphatic hydroxyl groups is 1. The van der Waals surface area contributed by atoms with Gasteiger partial charge in [-0.1, -0.05) is 4.98 Å². The Kier molecular flexibility index (Phi) is 6.47. The zero-order valence-electron chi connectivity index (χ0n) is 15.5. The predicted molar refractivity (Wildman–Crippen MR) is 99.8 cm³/mol. The third-order valence-electron chi connectivity index (χ3n) is 4.25. The number of anilines is 1. The minimum Gasteiger partial charge on any atom is -0.770 e. The van der Waals surface area contributed by atoms with Crippen LogP contribution in [0.4, 0.5) is 5.95 Å². The highest BCUT2D eigenvalue weighted by Gasteiger charge is 2.48. The molecule has 0 bridgehead atoms. The van der Waals surface area contributed by atoms with E-state index in [2.05, 4.69) is 14.5 Å². The number of nitrogens with two attached hydrogens (primary N) is 1. The summed E-state index contributed by atoms with van der Waals surface area (Å²) in [4.78, 5) is 47.9. The van der Waals surface area contributed by atoms with Gasteiger partial charge in [0.25, 0.3) is 11.5 Å². The van der Waals surface area contributed by atoms with Gasteiger partial charge in [-0.15, -0.1) is 0 Å². The van der Waals surface area contributed by atoms with Crippen LogP contribution in [0.2, 0.25) is 0 Å². The van der Waals surface area contributed by atoms with Gasteiger partial charge in [0.1, 0.15) is 18.3 Å². The van der Waals surface area contributed by atoms with Gasteiger partial charge in [0, 0.05) is 18.1 Å². The van der Waals surface area contributed by atoms with Crippen LogP contribution in [0.5, 0.6) is 0 Å². The fraction of sp³-hybridized carbons (Fsp3) is 0.583. The number of ether oxygens (including phenoxy) is 2. The Morgan fingerprint density at radius 2 is 2.17 bits per heavy atom. The third-order valence-corrected chi connectivity index (χ3v) is 10.4. The SMILES string of the molecule is CO[C@@H]1[C@H](O)[C@@H](COP(=O)([O-])SP(=O)(O)O)O[C@H]1[n+]1cn(C)c2c(=O)[nH]c(N)nc21. The number of hydrogen-bond donors (Lipinski definition) is 5. The molecule has 3 rings (SSSR count). The molecule has 15 nitrogen and oxygen atoms in total. The van der Waals surface area contributed by atoms with Crippen LogP contribution in [0.25, 0.3) is 11.2 Å². The zero-order chi connectivity index (χ0) is 22.4. The smallest absolute Gasteiger partial charge is 0.392 e. The van der Waals surface area contributed by atoms with Crippen molar-refractivity contribution in [3.8, 4) is 0 Å². The number of aromatic amines is 1. The molecule has 0 spiro atoms. The first-order chi connectivity index (χ1) is 13.8. The van der Waals surface area contributed by atoms with Crippen molar-refractivity contribution < 1.29 is 47.5 Å². The van der Waals surface area contributed by atoms with Gasteiger partial charge in [0.05, 0.1) is 13.7 Å². The van der Waals surface area contributed by atoms with E-state index in [-0.39, 0.29) is 17.1 Å². The van der Waals surface area contributed by atoms with Crippen molar-refractivity contribution in [1.29, 1.82) is 0 Å². The number of nitrogen functional groups attached to an aromatic ring is 1. The van der Waals surface area contributed by atoms with Crippen molar-refractivity contribution in [1.82, 2.24) is 14.5 Å². The molecule has 0 aliphatic carbocycles. The standard InChI is InChI=1S/C12H19N5O10P2S/c1-16-4-17(9-6(16)10(19)15-12(13)14-9)11-8(25-2)7(18)5(27-11)3-26-29(23,24)30-28(20,21)22/h4-5,7-8,11,18H,3H2,1-2H3,(H5-,13,14,15,19,20,21,22,23,24)/t5-,7-,8-,11-/m1/s1. The lowest BCUT2D eigenvalue weighted by atomic mass is 10.1. The first-order valence-electron chi connectivity index (χ1n) is 8.17. The largest absolute Gasteiger partial charge is 0.770 e. The Morgan fingerprint density at radius 3 is 2.77 bits per heavy atom. The highest BCUT2D eigenvalue weighted by Crippen LogP contribution is 2.70. The molecule has 30 heavy (non-hydrogen) atoms. The lowest BCUT2D eigenvalue weighted by molar-refractivity contribution is -0.746. The van der Waals surface area contributed by atoms with Crippen molar-refractivity contribution in [2.75, 3.05) is 19.5 Å². The topological polar surface area (TPSA) is 226 Å². The van der Waals surface area contributed by atoms with E-state index in [1.165, 1.54) is 22.6 Å². The molecular weight excluding hydrogens is 468 g/mol. The Balaban J connectivity index is 1.88. The van der Waals surface area contributed by atoms with E-state index in [0.717, 1.165) is 0 Å². The Morgan fingerprint density at radius 1 is 1.50 bits per heavy atom. The number of H-pyrrole nitrogens is 1. The maximum atomic E-state index is 12.2. The molecule has 0 radical (unpaired) electrons. The molecule has 1 fully saturated rings. The van der Waals surface area contributed by atoms with Gasteiger partial charge in [-0.2, -0.15) is 0 Å². The summed E-state index contributed by atoms with van der Waals surface area (Å²) in [6.07, 6.45) is -3.21. The van der Waals surface area contributed by atoms with Gasteiger partial charge >= 0.3 is 12.4 Å². The molecule has 168 valence electrons. The summed E-state index contributed by atoms with van der Waals surface area (Å²) in [6.45, 7) is -10.7. The van der Waals surface area contributed by atoms with Crippen molar-refractivity contribution in [2.24, 2.45) is 7.05 Å². The monoisotopic (exact) mass is 487 g/mol. The van der Waals surface area contributed by atoms with Gasteiger partial charge < -0.3 is 39.5 Å². The van der Waals surface area contributed by atoms with E-state index in [1.807, 2.05) is 0 Å². The number of methoxy groups -OCH3 is 1. The quantitative estimate of drug-likeness (QED) is 0.205. The van der Waals surface area contributed by atoms with Crippen LogP contribution < -0.4 is 20.8 Å². The molecule has 0 saturated carbocycles. The number of aliphatic hydroxyl groups excluding tert-OH is 1. The number of imidazole rings is 1. The highest BCUT2D eigenvalue weighted by molar-refractivity contribution is 8.84. The molecular formula is C12H19N5O10P2S. The van der Waals surface area contributed by atoms with E-state index in [9.17, 15) is 23.9 Å². The second-order valence-corrected chi connectivity index (χ2v) is 13.4. The van der Waals surface area contributed by atoms with Gasteiger partial charge in [0.15, 0.2) is 6.33 Å². The molecule has 2 aromatic rings. The highest BCUT2D eigenvalue weighted by atomic mass is 33.1. The molecule has 2 aromatic heterocycles. The maximum absolute atomic E-state index is 12.2. The maximum Gasteiger partial charge on any atom is 0.392 e. The van der Waals surface area contributed by atoms with E-state index in [0.29, 0.717) is 0 Å².